The van der Waals surface area contributed by atoms with Crippen LogP contribution in [0.3, 0.4) is 0 Å². The molecule has 31 heavy (non-hydrogen) atoms. The Balaban J connectivity index is 1.41. The first-order valence-electron chi connectivity index (χ1n) is 10.1. The van der Waals surface area contributed by atoms with Gasteiger partial charge in [0.05, 0.1) is 15.8 Å². The van der Waals surface area contributed by atoms with Crippen molar-refractivity contribution in [2.45, 2.75) is 41.7 Å². The zero-order valence-corrected chi connectivity index (χ0v) is 18.9. The Morgan fingerprint density at radius 2 is 1.97 bits per heavy atom. The van der Waals surface area contributed by atoms with Crippen LogP contribution in [-0.4, -0.2) is 47.9 Å². The van der Waals surface area contributed by atoms with Crippen molar-refractivity contribution in [3.8, 4) is 0 Å². The van der Waals surface area contributed by atoms with Crippen LogP contribution in [0.15, 0.2) is 46.3 Å². The van der Waals surface area contributed by atoms with Crippen molar-refractivity contribution in [2.24, 2.45) is 5.92 Å². The summed E-state index contributed by atoms with van der Waals surface area (Å²) in [5.74, 6) is -0.0535. The fourth-order valence-electron chi connectivity index (χ4n) is 3.63. The lowest BCUT2D eigenvalue weighted by atomic mass is 9.97. The number of amides is 2. The smallest absolute Gasteiger partial charge is 0.243 e. The fraction of sp³-hybridized carbons (Fsp3) is 0.381. The van der Waals surface area contributed by atoms with Crippen molar-refractivity contribution in [1.29, 1.82) is 0 Å². The predicted molar refractivity (Wildman–Crippen MR) is 119 cm³/mol. The molecule has 8 nitrogen and oxygen atoms in total. The van der Waals surface area contributed by atoms with Crippen molar-refractivity contribution < 1.29 is 18.0 Å². The highest BCUT2D eigenvalue weighted by molar-refractivity contribution is 8.01. The molecule has 3 heterocycles. The van der Waals surface area contributed by atoms with Gasteiger partial charge in [0.1, 0.15) is 5.82 Å². The number of aryl methyl sites for hydroxylation is 1. The molecule has 2 aliphatic heterocycles. The maximum absolute atomic E-state index is 13.1. The van der Waals surface area contributed by atoms with E-state index in [-0.39, 0.29) is 41.0 Å². The van der Waals surface area contributed by atoms with Crippen LogP contribution in [0.4, 0.5) is 11.5 Å². The molecule has 164 valence electrons. The van der Waals surface area contributed by atoms with Gasteiger partial charge in [-0.1, -0.05) is 6.07 Å². The van der Waals surface area contributed by atoms with Gasteiger partial charge in [0.2, 0.25) is 21.8 Å². The van der Waals surface area contributed by atoms with Gasteiger partial charge < -0.3 is 10.6 Å². The Labute approximate surface area is 185 Å². The van der Waals surface area contributed by atoms with Crippen LogP contribution in [-0.2, 0) is 19.6 Å². The number of fused-ring (bicyclic) bond motifs is 1. The summed E-state index contributed by atoms with van der Waals surface area (Å²) in [5, 5.41) is 5.36. The van der Waals surface area contributed by atoms with Crippen molar-refractivity contribution in [2.75, 3.05) is 23.7 Å². The van der Waals surface area contributed by atoms with Gasteiger partial charge in [-0.2, -0.15) is 4.31 Å². The summed E-state index contributed by atoms with van der Waals surface area (Å²) in [5.41, 5.74) is 1.53. The second kappa shape index (κ2) is 8.60. The molecule has 4 rings (SSSR count). The van der Waals surface area contributed by atoms with Crippen LogP contribution >= 0.6 is 11.8 Å². The van der Waals surface area contributed by atoms with Crippen LogP contribution in [0.25, 0.3) is 0 Å². The van der Waals surface area contributed by atoms with Crippen LogP contribution in [0, 0.1) is 12.8 Å². The average molecular weight is 461 g/mol. The van der Waals surface area contributed by atoms with Gasteiger partial charge in [-0.25, -0.2) is 13.4 Å². The van der Waals surface area contributed by atoms with Gasteiger partial charge in [-0.05, 0) is 56.5 Å². The van der Waals surface area contributed by atoms with E-state index in [1.54, 1.807) is 24.4 Å². The Morgan fingerprint density at radius 1 is 1.23 bits per heavy atom. The van der Waals surface area contributed by atoms with E-state index in [0.717, 1.165) is 10.5 Å². The molecule has 1 fully saturated rings. The van der Waals surface area contributed by atoms with E-state index in [0.29, 0.717) is 24.3 Å². The van der Waals surface area contributed by atoms with Gasteiger partial charge in [0.25, 0.3) is 0 Å². The van der Waals surface area contributed by atoms with Gasteiger partial charge in [-0.3, -0.25) is 9.59 Å². The summed E-state index contributed by atoms with van der Waals surface area (Å²) in [4.78, 5) is 29.6. The number of nitrogens with zero attached hydrogens (tertiary/aromatic N) is 2. The number of sulfonamides is 1. The van der Waals surface area contributed by atoms with E-state index in [1.807, 2.05) is 19.9 Å². The van der Waals surface area contributed by atoms with Crippen molar-refractivity contribution in [3.63, 3.8) is 0 Å². The monoisotopic (exact) mass is 460 g/mol. The number of pyridine rings is 1. The van der Waals surface area contributed by atoms with Gasteiger partial charge in [0.15, 0.2) is 0 Å². The molecule has 0 unspecified atom stereocenters. The molecule has 0 bridgehead atoms. The molecule has 1 saturated heterocycles. The molecule has 2 aromatic rings. The first kappa shape index (κ1) is 21.8. The first-order chi connectivity index (χ1) is 14.7. The molecule has 0 aliphatic carbocycles. The number of benzene rings is 1. The zero-order valence-electron chi connectivity index (χ0n) is 17.3. The summed E-state index contributed by atoms with van der Waals surface area (Å²) in [6, 6.07) is 8.45. The molecule has 0 saturated carbocycles. The lowest BCUT2D eigenvalue weighted by Gasteiger charge is -2.31. The number of anilines is 2. The standard InChI is InChI=1S/C21H24N4O4S2/c1-13-3-6-19(22-12-13)24-21(27)15-7-9-25(10-8-15)31(28,29)16-4-5-18-17(11-16)23-20(26)14(2)30-18/h3-6,11-12,14-15H,7-10H2,1-2H3,(H,23,26)(H,22,24,27)/t14-/m1/s1. The highest BCUT2D eigenvalue weighted by Gasteiger charge is 2.33. The Morgan fingerprint density at radius 3 is 2.65 bits per heavy atom. The minimum Gasteiger partial charge on any atom is -0.324 e. The van der Waals surface area contributed by atoms with Crippen LogP contribution in [0.2, 0.25) is 0 Å². The highest BCUT2D eigenvalue weighted by atomic mass is 32.2. The molecule has 1 aromatic carbocycles. The third-order valence-electron chi connectivity index (χ3n) is 5.51. The predicted octanol–water partition coefficient (Wildman–Crippen LogP) is 2.86. The van der Waals surface area contributed by atoms with E-state index < -0.39 is 10.0 Å². The summed E-state index contributed by atoms with van der Waals surface area (Å²) in [7, 11) is -3.71. The van der Waals surface area contributed by atoms with Crippen LogP contribution in [0.5, 0.6) is 0 Å². The Hall–Kier alpha value is -2.43. The molecule has 0 spiro atoms. The third-order valence-corrected chi connectivity index (χ3v) is 8.58. The minimum absolute atomic E-state index is 0.137. The number of hydrogen-bond acceptors (Lipinski definition) is 6. The molecular formula is C21H24N4O4S2. The van der Waals surface area contributed by atoms with Crippen LogP contribution < -0.4 is 10.6 Å². The van der Waals surface area contributed by atoms with E-state index >= 15 is 0 Å². The van der Waals surface area contributed by atoms with Crippen molar-refractivity contribution in [1.82, 2.24) is 9.29 Å². The number of carbonyl (C=O) groups is 2. The lowest BCUT2D eigenvalue weighted by Crippen LogP contribution is -2.41. The highest BCUT2D eigenvalue weighted by Crippen LogP contribution is 2.37. The molecular weight excluding hydrogens is 436 g/mol. The Kier molecular flexibility index (Phi) is 6.05. The Bertz CT molecular complexity index is 1110. The van der Waals surface area contributed by atoms with E-state index in [1.165, 1.54) is 22.1 Å². The second-order valence-electron chi connectivity index (χ2n) is 7.80. The molecule has 2 amide bonds. The van der Waals surface area contributed by atoms with Gasteiger partial charge >= 0.3 is 0 Å². The third kappa shape index (κ3) is 4.60. The van der Waals surface area contributed by atoms with Gasteiger partial charge in [-0.15, -0.1) is 11.8 Å². The van der Waals surface area contributed by atoms with E-state index in [2.05, 4.69) is 15.6 Å². The normalized spacial score (nSPS) is 20.1. The number of aromatic nitrogens is 1. The number of hydrogen-bond donors (Lipinski definition) is 2. The van der Waals surface area contributed by atoms with Crippen molar-refractivity contribution >= 4 is 45.1 Å². The average Bonchev–Trinajstić information content (AvgIpc) is 2.76. The lowest BCUT2D eigenvalue weighted by molar-refractivity contribution is -0.121. The molecule has 0 radical (unpaired) electrons. The quantitative estimate of drug-likeness (QED) is 0.726. The van der Waals surface area contributed by atoms with Gasteiger partial charge in [0, 0.05) is 30.1 Å². The van der Waals surface area contributed by atoms with E-state index in [4.69, 9.17) is 0 Å². The maximum atomic E-state index is 13.1. The van der Waals surface area contributed by atoms with Crippen molar-refractivity contribution in [3.05, 3.63) is 42.1 Å². The summed E-state index contributed by atoms with van der Waals surface area (Å²) in [6.07, 6.45) is 2.56. The number of rotatable bonds is 4. The maximum Gasteiger partial charge on any atom is 0.243 e. The summed E-state index contributed by atoms with van der Waals surface area (Å²) < 4.78 is 27.6. The molecule has 10 heteroatoms. The van der Waals surface area contributed by atoms with Crippen LogP contribution in [0.1, 0.15) is 25.3 Å². The molecule has 2 aliphatic rings. The first-order valence-corrected chi connectivity index (χ1v) is 12.4. The number of thioether (sulfide) groups is 1. The number of carbonyl (C=O) groups excluding carboxylic acids is 2. The number of piperidine rings is 1. The molecule has 2 N–H and O–H groups in total. The molecule has 1 atom stereocenters. The fourth-order valence-corrected chi connectivity index (χ4v) is 6.05. The summed E-state index contributed by atoms with van der Waals surface area (Å²) >= 11 is 1.41. The topological polar surface area (TPSA) is 108 Å². The van der Waals surface area contributed by atoms with E-state index in [9.17, 15) is 18.0 Å². The second-order valence-corrected chi connectivity index (χ2v) is 11.1. The largest absolute Gasteiger partial charge is 0.324 e. The summed E-state index contributed by atoms with van der Waals surface area (Å²) in [6.45, 7) is 4.25. The number of nitrogens with one attached hydrogen (secondary N) is 2. The minimum atomic E-state index is -3.71. The zero-order chi connectivity index (χ0) is 22.2. The SMILES string of the molecule is Cc1ccc(NC(=O)C2CCN(S(=O)(=O)c3ccc4c(c3)NC(=O)[C@@H](C)S4)CC2)nc1. The molecule has 1 aromatic heterocycles.